The van der Waals surface area contributed by atoms with Crippen LogP contribution in [0.5, 0.6) is 0 Å². The maximum absolute atomic E-state index is 15.3. The van der Waals surface area contributed by atoms with Gasteiger partial charge in [0.15, 0.2) is 12.1 Å². The molecule has 0 unspecified atom stereocenters. The van der Waals surface area contributed by atoms with Crippen LogP contribution in [0.15, 0.2) is 60.7 Å². The van der Waals surface area contributed by atoms with Crippen molar-refractivity contribution >= 4 is 53.2 Å². The molecule has 2 fully saturated rings. The van der Waals surface area contributed by atoms with E-state index in [1.165, 1.54) is 61.6 Å². The lowest BCUT2D eigenvalue weighted by Gasteiger charge is -2.39. The molecule has 2 heterocycles. The van der Waals surface area contributed by atoms with Crippen LogP contribution >= 0.6 is 0 Å². The minimum absolute atomic E-state index is 0.00652. The fraction of sp³-hybridized carbons (Fsp3) is 0.650. The van der Waals surface area contributed by atoms with Gasteiger partial charge in [-0.15, -0.1) is 0 Å². The first-order chi connectivity index (χ1) is 36.9. The summed E-state index contributed by atoms with van der Waals surface area (Å²) in [4.78, 5) is 140. The Balaban J connectivity index is 1.97. The fourth-order valence-corrected chi connectivity index (χ4v) is 11.0. The van der Waals surface area contributed by atoms with E-state index in [9.17, 15) is 38.7 Å². The van der Waals surface area contributed by atoms with E-state index in [0.29, 0.717) is 18.4 Å². The third-order valence-electron chi connectivity index (χ3n) is 15.4. The molecule has 19 heteroatoms. The highest BCUT2D eigenvalue weighted by Gasteiger charge is 2.48. The van der Waals surface area contributed by atoms with E-state index < -0.39 is 131 Å². The molecule has 0 spiro atoms. The molecule has 2 aliphatic heterocycles. The van der Waals surface area contributed by atoms with Gasteiger partial charge in [0.1, 0.15) is 42.3 Å². The maximum atomic E-state index is 15.3. The van der Waals surface area contributed by atoms with Crippen LogP contribution in [-0.2, 0) is 60.7 Å². The van der Waals surface area contributed by atoms with Crippen LogP contribution < -0.4 is 16.0 Å². The monoisotopic (exact) mass is 1100 g/mol. The summed E-state index contributed by atoms with van der Waals surface area (Å²) in [5.74, 6) is -8.31. The SMILES string of the molecule is CC[C@H](C)[C@H]1OC(=O)[C@H](C(C)(C)O)N(C)C(=O)[C@H](CC(C)C)NC(=O)[C@H](C(C)C)N(C)C(=O)[C@@H](CC(C)C)NC(=O)[C@@H]2CCCN2C(=O)[C@H](Cc2ccccc2)N(C)C(=O)[C@H](Cc2ccccc2)NC(=O)[C@@H](C(C)C)N(C)C1=O. The van der Waals surface area contributed by atoms with Gasteiger partial charge in [0.05, 0.1) is 5.60 Å². The number of fused-ring (bicyclic) bond motifs is 1. The minimum Gasteiger partial charge on any atom is -0.450 e. The number of benzene rings is 2. The van der Waals surface area contributed by atoms with Crippen LogP contribution in [0.1, 0.15) is 126 Å². The molecule has 0 bridgehead atoms. The van der Waals surface area contributed by atoms with E-state index in [0.717, 1.165) is 10.5 Å². The second-order valence-electron chi connectivity index (χ2n) is 24.0. The number of nitrogens with zero attached hydrogens (tertiary/aromatic N) is 5. The summed E-state index contributed by atoms with van der Waals surface area (Å²) < 4.78 is 6.09. The Kier molecular flexibility index (Phi) is 23.6. The molecule has 79 heavy (non-hydrogen) atoms. The zero-order valence-corrected chi connectivity index (χ0v) is 49.8. The van der Waals surface area contributed by atoms with Crippen molar-refractivity contribution in [3.63, 3.8) is 0 Å². The summed E-state index contributed by atoms with van der Waals surface area (Å²) in [5.41, 5.74) is -0.551. The molecule has 2 aliphatic rings. The Morgan fingerprint density at radius 2 is 1.00 bits per heavy atom. The summed E-state index contributed by atoms with van der Waals surface area (Å²) in [7, 11) is 5.67. The average Bonchev–Trinajstić information content (AvgIpc) is 3.93. The van der Waals surface area contributed by atoms with E-state index in [1.807, 2.05) is 64.1 Å². The number of esters is 1. The molecule has 0 aromatic heterocycles. The normalized spacial score (nSPS) is 26.2. The number of hydrogen-bond donors (Lipinski definition) is 4. The number of cyclic esters (lactones) is 1. The quantitative estimate of drug-likeness (QED) is 0.206. The Bertz CT molecular complexity index is 2430. The third kappa shape index (κ3) is 16.8. The van der Waals surface area contributed by atoms with Crippen LogP contribution in [0, 0.1) is 29.6 Å². The predicted octanol–water partition coefficient (Wildman–Crippen LogP) is 4.37. The van der Waals surface area contributed by atoms with Gasteiger partial charge in [0, 0.05) is 53.5 Å². The minimum atomic E-state index is -1.97. The van der Waals surface area contributed by atoms with Crippen molar-refractivity contribution in [2.45, 2.75) is 188 Å². The molecule has 4 rings (SSSR count). The molecule has 438 valence electrons. The summed E-state index contributed by atoms with van der Waals surface area (Å²) >= 11 is 0. The van der Waals surface area contributed by atoms with E-state index in [1.54, 1.807) is 65.8 Å². The summed E-state index contributed by atoms with van der Waals surface area (Å²) in [6, 6.07) is 8.12. The number of ether oxygens (including phenoxy) is 1. The van der Waals surface area contributed by atoms with Crippen molar-refractivity contribution < 1.29 is 53.0 Å². The van der Waals surface area contributed by atoms with Crippen molar-refractivity contribution in [2.24, 2.45) is 29.6 Å². The van der Waals surface area contributed by atoms with Gasteiger partial charge in [-0.3, -0.25) is 38.4 Å². The number of aliphatic hydroxyl groups is 1. The summed E-state index contributed by atoms with van der Waals surface area (Å²) in [6.45, 7) is 20.7. The highest BCUT2D eigenvalue weighted by Crippen LogP contribution is 2.27. The van der Waals surface area contributed by atoms with Gasteiger partial charge in [-0.1, -0.05) is 130 Å². The lowest BCUT2D eigenvalue weighted by Crippen LogP contribution is -2.62. The zero-order chi connectivity index (χ0) is 59.4. The van der Waals surface area contributed by atoms with Crippen LogP contribution in [0.4, 0.5) is 0 Å². The molecule has 0 radical (unpaired) electrons. The second-order valence-corrected chi connectivity index (χ2v) is 24.0. The molecular formula is C60H92N8O11. The molecule has 2 saturated heterocycles. The Hall–Kier alpha value is -6.37. The molecule has 0 saturated carbocycles. The smallest absolute Gasteiger partial charge is 0.332 e. The Labute approximate surface area is 469 Å². The van der Waals surface area contributed by atoms with Gasteiger partial charge in [-0.25, -0.2) is 4.79 Å². The number of likely N-dealkylation sites (N-methyl/N-ethyl adjacent to an activating group) is 4. The highest BCUT2D eigenvalue weighted by atomic mass is 16.6. The number of amides is 8. The lowest BCUT2D eigenvalue weighted by molar-refractivity contribution is -0.177. The number of nitrogens with one attached hydrogen (secondary N) is 3. The van der Waals surface area contributed by atoms with E-state index in [2.05, 4.69) is 16.0 Å². The molecule has 8 amide bonds. The fourth-order valence-electron chi connectivity index (χ4n) is 11.0. The van der Waals surface area contributed by atoms with Crippen molar-refractivity contribution in [1.29, 1.82) is 0 Å². The molecule has 10 atom stereocenters. The highest BCUT2D eigenvalue weighted by molar-refractivity contribution is 5.99. The number of carbonyl (C=O) groups is 9. The lowest BCUT2D eigenvalue weighted by atomic mass is 9.94. The Morgan fingerprint density at radius 3 is 1.46 bits per heavy atom. The summed E-state index contributed by atoms with van der Waals surface area (Å²) in [6.07, 6.45) is -0.170. The predicted molar refractivity (Wildman–Crippen MR) is 301 cm³/mol. The average molecular weight is 1100 g/mol. The van der Waals surface area contributed by atoms with Crippen molar-refractivity contribution in [1.82, 2.24) is 40.4 Å². The van der Waals surface area contributed by atoms with Gasteiger partial charge in [0.2, 0.25) is 41.4 Å². The van der Waals surface area contributed by atoms with Crippen LogP contribution in [0.25, 0.3) is 0 Å². The van der Waals surface area contributed by atoms with Gasteiger partial charge in [0.25, 0.3) is 5.91 Å². The van der Waals surface area contributed by atoms with Crippen LogP contribution in [-0.4, -0.2) is 178 Å². The van der Waals surface area contributed by atoms with Gasteiger partial charge in [-0.2, -0.15) is 0 Å². The van der Waals surface area contributed by atoms with Crippen LogP contribution in [0.3, 0.4) is 0 Å². The molecule has 2 aromatic rings. The van der Waals surface area contributed by atoms with Gasteiger partial charge < -0.3 is 50.3 Å². The first-order valence-corrected chi connectivity index (χ1v) is 28.2. The van der Waals surface area contributed by atoms with Gasteiger partial charge in [-0.05, 0) is 80.8 Å². The summed E-state index contributed by atoms with van der Waals surface area (Å²) in [5, 5.41) is 20.4. The molecule has 2 aromatic carbocycles. The van der Waals surface area contributed by atoms with E-state index in [-0.39, 0.29) is 50.5 Å². The topological polar surface area (TPSA) is 235 Å². The van der Waals surface area contributed by atoms with E-state index >= 15 is 9.59 Å². The second kappa shape index (κ2) is 28.7. The largest absolute Gasteiger partial charge is 0.450 e. The molecular weight excluding hydrogens is 1010 g/mol. The number of rotatable bonds is 13. The first-order valence-electron chi connectivity index (χ1n) is 28.2. The van der Waals surface area contributed by atoms with Gasteiger partial charge >= 0.3 is 5.97 Å². The number of carbonyl (C=O) groups excluding carboxylic acids is 9. The molecule has 19 nitrogen and oxygen atoms in total. The van der Waals surface area contributed by atoms with Crippen LogP contribution in [0.2, 0.25) is 0 Å². The van der Waals surface area contributed by atoms with E-state index in [4.69, 9.17) is 4.74 Å². The Morgan fingerprint density at radius 1 is 0.570 bits per heavy atom. The first kappa shape index (κ1) is 65.2. The number of hydrogen-bond acceptors (Lipinski definition) is 11. The zero-order valence-electron chi connectivity index (χ0n) is 49.8. The standard InChI is InChI=1S/C60H92N8O11/c1-17-39(10)49-58(76)66(15)48(38(8)9)53(71)63-44(33-40-25-20-18-21-26-40)54(72)64(13)46(34-41-27-22-19-23-28-41)57(75)68-30-24-29-45(68)51(69)61-42(31-35(2)3)55(73)65(14)47(37(6)7)52(70)62-43(32-36(4)5)56(74)67(16)50(59(77)79-49)60(11,12)78/h18-23,25-28,35-39,42-50,78H,17,24,29-34H2,1-16H3,(H,61,69)(H,62,70)(H,63,71)/t39-,42+,43-,44-,45-,46-,47-,48+,49+,50+/m0/s1. The van der Waals surface area contributed by atoms with Crippen molar-refractivity contribution in [2.75, 3.05) is 34.7 Å². The third-order valence-corrected chi connectivity index (χ3v) is 15.4. The molecule has 4 N–H and O–H groups in total. The molecule has 0 aliphatic carbocycles. The van der Waals surface area contributed by atoms with Crippen molar-refractivity contribution in [3.05, 3.63) is 71.8 Å². The maximum Gasteiger partial charge on any atom is 0.332 e. The van der Waals surface area contributed by atoms with Crippen molar-refractivity contribution in [3.8, 4) is 0 Å².